The van der Waals surface area contributed by atoms with E-state index in [1.165, 1.54) is 38.6 Å². The topological polar surface area (TPSA) is 29.0 Å². The Labute approximate surface area is 224 Å². The minimum Gasteiger partial charge on any atom is -0.311 e. The summed E-state index contributed by atoms with van der Waals surface area (Å²) >= 11 is 0. The summed E-state index contributed by atoms with van der Waals surface area (Å²) in [4.78, 5) is 11.3. The zero-order valence-electron chi connectivity index (χ0n) is 21.5. The second-order valence-corrected chi connectivity index (χ2v) is 14.7. The highest BCUT2D eigenvalue weighted by atomic mass is 28.3. The molecule has 7 rings (SSSR count). The predicted octanol–water partition coefficient (Wildman–Crippen LogP) is 7.57. The van der Waals surface area contributed by atoms with Gasteiger partial charge < -0.3 is 4.90 Å². The Bertz CT molecular complexity index is 1740. The smallest absolute Gasteiger partial charge is 0.117 e. The van der Waals surface area contributed by atoms with E-state index in [2.05, 4.69) is 137 Å². The van der Waals surface area contributed by atoms with Crippen LogP contribution in [-0.4, -0.2) is 18.0 Å². The molecule has 2 heterocycles. The average Bonchev–Trinajstić information content (AvgIpc) is 2.98. The van der Waals surface area contributed by atoms with E-state index >= 15 is 0 Å². The molecule has 38 heavy (non-hydrogen) atoms. The number of hydrogen-bond donors (Lipinski definition) is 0. The van der Waals surface area contributed by atoms with Crippen molar-refractivity contribution in [3.8, 4) is 22.3 Å². The van der Waals surface area contributed by atoms with Crippen LogP contribution in [0.15, 0.2) is 128 Å². The predicted molar refractivity (Wildman–Crippen MR) is 162 cm³/mol. The molecule has 0 saturated heterocycles. The normalized spacial score (nSPS) is 13.7. The van der Waals surface area contributed by atoms with E-state index in [1.807, 2.05) is 12.3 Å². The lowest BCUT2D eigenvalue weighted by atomic mass is 9.95. The van der Waals surface area contributed by atoms with Gasteiger partial charge in [0.25, 0.3) is 0 Å². The molecule has 0 saturated carbocycles. The van der Waals surface area contributed by atoms with Gasteiger partial charge in [0.05, 0.1) is 5.52 Å². The van der Waals surface area contributed by atoms with Crippen molar-refractivity contribution in [2.45, 2.75) is 13.1 Å². The van der Waals surface area contributed by atoms with E-state index < -0.39 is 8.07 Å². The second kappa shape index (κ2) is 8.79. The lowest BCUT2D eigenvalue weighted by molar-refractivity contribution is 1.22. The Morgan fingerprint density at radius 1 is 0.605 bits per heavy atom. The number of anilines is 3. The van der Waals surface area contributed by atoms with Gasteiger partial charge in [-0.25, -0.2) is 9.97 Å². The molecule has 0 amide bonds. The molecule has 5 aromatic carbocycles. The molecule has 4 heteroatoms. The van der Waals surface area contributed by atoms with Crippen molar-refractivity contribution in [1.29, 1.82) is 0 Å². The minimum absolute atomic E-state index is 0.950. The van der Waals surface area contributed by atoms with E-state index in [0.717, 1.165) is 22.0 Å². The highest BCUT2D eigenvalue weighted by Crippen LogP contribution is 2.39. The van der Waals surface area contributed by atoms with Crippen molar-refractivity contribution in [1.82, 2.24) is 9.97 Å². The van der Waals surface area contributed by atoms with E-state index in [0.29, 0.717) is 0 Å². The lowest BCUT2D eigenvalue weighted by Crippen LogP contribution is -2.58. The Hall–Kier alpha value is -4.54. The maximum absolute atomic E-state index is 4.59. The van der Waals surface area contributed by atoms with Crippen LogP contribution in [0.5, 0.6) is 0 Å². The van der Waals surface area contributed by atoms with Crippen molar-refractivity contribution in [2.24, 2.45) is 0 Å². The number of nitrogens with zero attached hydrogens (tertiary/aromatic N) is 3. The molecule has 6 aromatic rings. The maximum Gasteiger partial charge on any atom is 0.117 e. The first kappa shape index (κ1) is 22.6. The molecule has 0 fully saturated rings. The quantitative estimate of drug-likeness (QED) is 0.232. The highest BCUT2D eigenvalue weighted by molar-refractivity contribution is 7.02. The van der Waals surface area contributed by atoms with Gasteiger partial charge in [0.15, 0.2) is 0 Å². The third-order valence-corrected chi connectivity index (χ3v) is 11.3. The van der Waals surface area contributed by atoms with Crippen LogP contribution >= 0.6 is 0 Å². The summed E-state index contributed by atoms with van der Waals surface area (Å²) in [5, 5.41) is 4.02. The average molecular weight is 506 g/mol. The largest absolute Gasteiger partial charge is 0.311 e. The van der Waals surface area contributed by atoms with Crippen molar-refractivity contribution in [3.05, 3.63) is 128 Å². The van der Waals surface area contributed by atoms with Gasteiger partial charge in [-0.1, -0.05) is 92.0 Å². The number of aromatic nitrogens is 2. The number of rotatable bonds is 3. The molecule has 3 nitrogen and oxygen atoms in total. The monoisotopic (exact) mass is 505 g/mol. The third-order valence-electron chi connectivity index (χ3n) is 7.81. The number of fused-ring (bicyclic) bond motifs is 3. The SMILES string of the molecule is C[Si]1(C)c2ccccc2N(c2ccc(-c3cc(-c4ccccc4)c4cncnc4c3)cc2)c2ccccc21. The van der Waals surface area contributed by atoms with Crippen molar-refractivity contribution < 1.29 is 0 Å². The minimum atomic E-state index is -1.79. The first-order chi connectivity index (χ1) is 18.6. The Morgan fingerprint density at radius 2 is 1.24 bits per heavy atom. The van der Waals surface area contributed by atoms with Gasteiger partial charge in [0, 0.05) is 28.6 Å². The summed E-state index contributed by atoms with van der Waals surface area (Å²) in [7, 11) is -1.79. The van der Waals surface area contributed by atoms with Crippen molar-refractivity contribution in [2.75, 3.05) is 4.90 Å². The van der Waals surface area contributed by atoms with Crippen LogP contribution in [0.4, 0.5) is 17.1 Å². The highest BCUT2D eigenvalue weighted by Gasteiger charge is 2.38. The third kappa shape index (κ3) is 3.57. The fourth-order valence-corrected chi connectivity index (χ4v) is 8.84. The molecule has 0 aliphatic carbocycles. The van der Waals surface area contributed by atoms with Gasteiger partial charge in [0.1, 0.15) is 14.4 Å². The Kier molecular flexibility index (Phi) is 5.23. The molecule has 0 N–H and O–H groups in total. The van der Waals surface area contributed by atoms with Crippen LogP contribution in [0.3, 0.4) is 0 Å². The molecule has 1 aliphatic heterocycles. The zero-order valence-corrected chi connectivity index (χ0v) is 22.5. The van der Waals surface area contributed by atoms with Gasteiger partial charge >= 0.3 is 0 Å². The first-order valence-electron chi connectivity index (χ1n) is 13.0. The van der Waals surface area contributed by atoms with Crippen LogP contribution in [0, 0.1) is 0 Å². The van der Waals surface area contributed by atoms with Gasteiger partial charge in [-0.3, -0.25) is 0 Å². The molecule has 0 spiro atoms. The van der Waals surface area contributed by atoms with Crippen LogP contribution in [-0.2, 0) is 0 Å². The fourth-order valence-electron chi connectivity index (χ4n) is 5.86. The van der Waals surface area contributed by atoms with Crippen LogP contribution < -0.4 is 15.3 Å². The molecule has 1 aliphatic rings. The molecular weight excluding hydrogens is 478 g/mol. The standard InChI is InChI=1S/C34H27N3Si/c1-38(2)33-14-8-6-12-31(33)37(32-13-7-9-15-34(32)38)27-18-16-24(17-19-27)26-20-28(25-10-4-3-5-11-25)29-22-35-23-36-30(29)21-26/h3-23H,1-2H3. The van der Waals surface area contributed by atoms with Gasteiger partial charge in [-0.05, 0) is 69.0 Å². The van der Waals surface area contributed by atoms with E-state index in [-0.39, 0.29) is 0 Å². The van der Waals surface area contributed by atoms with Crippen LogP contribution in [0.1, 0.15) is 0 Å². The summed E-state index contributed by atoms with van der Waals surface area (Å²) in [5.41, 5.74) is 9.34. The zero-order chi connectivity index (χ0) is 25.7. The van der Waals surface area contributed by atoms with E-state index in [1.54, 1.807) is 6.33 Å². The van der Waals surface area contributed by atoms with Crippen molar-refractivity contribution >= 4 is 46.4 Å². The number of para-hydroxylation sites is 2. The molecule has 0 atom stereocenters. The van der Waals surface area contributed by atoms with Gasteiger partial charge in [0.2, 0.25) is 0 Å². The summed E-state index contributed by atoms with van der Waals surface area (Å²) in [6, 6.07) is 41.7. The maximum atomic E-state index is 4.59. The summed E-state index contributed by atoms with van der Waals surface area (Å²) in [5.74, 6) is 0. The van der Waals surface area contributed by atoms with Crippen LogP contribution in [0.2, 0.25) is 13.1 Å². The van der Waals surface area contributed by atoms with Crippen molar-refractivity contribution in [3.63, 3.8) is 0 Å². The van der Waals surface area contributed by atoms with E-state index in [4.69, 9.17) is 0 Å². The number of benzene rings is 5. The summed E-state index contributed by atoms with van der Waals surface area (Å²) in [6.07, 6.45) is 3.54. The molecule has 1 aromatic heterocycles. The van der Waals surface area contributed by atoms with Gasteiger partial charge in [-0.2, -0.15) is 0 Å². The molecule has 182 valence electrons. The Balaban J connectivity index is 1.35. The Morgan fingerprint density at radius 3 is 1.92 bits per heavy atom. The molecule has 0 unspecified atom stereocenters. The first-order valence-corrected chi connectivity index (χ1v) is 16.0. The van der Waals surface area contributed by atoms with Crippen LogP contribution in [0.25, 0.3) is 33.2 Å². The summed E-state index contributed by atoms with van der Waals surface area (Å²) in [6.45, 7) is 4.91. The molecule has 0 bridgehead atoms. The van der Waals surface area contributed by atoms with Gasteiger partial charge in [-0.15, -0.1) is 0 Å². The number of hydrogen-bond acceptors (Lipinski definition) is 3. The molecule has 0 radical (unpaired) electrons. The lowest BCUT2D eigenvalue weighted by Gasteiger charge is -2.41. The summed E-state index contributed by atoms with van der Waals surface area (Å²) < 4.78 is 0. The van der Waals surface area contributed by atoms with E-state index in [9.17, 15) is 0 Å². The second-order valence-electron chi connectivity index (χ2n) is 10.4. The fraction of sp³-hybridized carbons (Fsp3) is 0.0588. The molecular formula is C34H27N3Si.